The van der Waals surface area contributed by atoms with Crippen LogP contribution in [0.5, 0.6) is 0 Å². The van der Waals surface area contributed by atoms with Gasteiger partial charge in [0.2, 0.25) is 0 Å². The van der Waals surface area contributed by atoms with Crippen molar-refractivity contribution >= 4 is 10.9 Å². The maximum atomic E-state index is 6.57. The van der Waals surface area contributed by atoms with Gasteiger partial charge in [0.15, 0.2) is 0 Å². The highest BCUT2D eigenvalue weighted by atomic mass is 15.0. The summed E-state index contributed by atoms with van der Waals surface area (Å²) in [5, 5.41) is 1.40. The third kappa shape index (κ3) is 2.76. The molecule has 2 heteroatoms. The molecule has 0 radical (unpaired) electrons. The highest BCUT2D eigenvalue weighted by Gasteiger charge is 2.28. The molecule has 1 aliphatic carbocycles. The van der Waals surface area contributed by atoms with Crippen LogP contribution in [0.2, 0.25) is 0 Å². The Kier molecular flexibility index (Phi) is 3.73. The lowest BCUT2D eigenvalue weighted by atomic mass is 9.91. The smallest absolute Gasteiger partial charge is 0.0488 e. The quantitative estimate of drug-likeness (QED) is 0.688. The Bertz CT molecular complexity index is 872. The average molecular weight is 318 g/mol. The molecule has 4 rings (SSSR count). The van der Waals surface area contributed by atoms with Gasteiger partial charge in [0, 0.05) is 28.7 Å². The first-order chi connectivity index (χ1) is 11.5. The van der Waals surface area contributed by atoms with Crippen molar-refractivity contribution in [2.45, 2.75) is 51.6 Å². The van der Waals surface area contributed by atoms with E-state index in [9.17, 15) is 0 Å². The van der Waals surface area contributed by atoms with Crippen molar-refractivity contribution in [3.63, 3.8) is 0 Å². The lowest BCUT2D eigenvalue weighted by molar-refractivity contribution is 0.429. The summed E-state index contributed by atoms with van der Waals surface area (Å²) < 4.78 is 2.53. The monoisotopic (exact) mass is 318 g/mol. The normalized spacial score (nSPS) is 20.8. The molecule has 2 N–H and O–H groups in total. The molecule has 24 heavy (non-hydrogen) atoms. The van der Waals surface area contributed by atoms with Crippen LogP contribution in [0.4, 0.5) is 0 Å². The van der Waals surface area contributed by atoms with Gasteiger partial charge in [-0.2, -0.15) is 0 Å². The first kappa shape index (κ1) is 15.5. The van der Waals surface area contributed by atoms with E-state index < -0.39 is 0 Å². The van der Waals surface area contributed by atoms with Crippen LogP contribution < -0.4 is 5.73 Å². The minimum Gasteiger partial charge on any atom is -0.340 e. The van der Waals surface area contributed by atoms with Gasteiger partial charge in [0.1, 0.15) is 0 Å². The van der Waals surface area contributed by atoms with Crippen LogP contribution in [0.1, 0.15) is 42.1 Å². The first-order valence-electron chi connectivity index (χ1n) is 8.97. The van der Waals surface area contributed by atoms with Gasteiger partial charge in [-0.15, -0.1) is 0 Å². The Labute approximate surface area is 144 Å². The maximum absolute atomic E-state index is 6.57. The largest absolute Gasteiger partial charge is 0.340 e. The van der Waals surface area contributed by atoms with Gasteiger partial charge in [-0.3, -0.25) is 0 Å². The number of aryl methyl sites for hydroxylation is 1. The number of benzene rings is 2. The van der Waals surface area contributed by atoms with E-state index in [1.54, 1.807) is 0 Å². The highest BCUT2D eigenvalue weighted by Crippen LogP contribution is 2.35. The molecule has 0 aliphatic heterocycles. The summed E-state index contributed by atoms with van der Waals surface area (Å²) >= 11 is 0. The van der Waals surface area contributed by atoms with E-state index in [1.165, 1.54) is 39.7 Å². The van der Waals surface area contributed by atoms with Crippen molar-refractivity contribution in [1.82, 2.24) is 4.57 Å². The molecule has 0 saturated heterocycles. The van der Waals surface area contributed by atoms with Gasteiger partial charge in [-0.1, -0.05) is 42.0 Å². The van der Waals surface area contributed by atoms with E-state index in [1.807, 2.05) is 0 Å². The van der Waals surface area contributed by atoms with E-state index in [0.29, 0.717) is 0 Å². The molecule has 0 spiro atoms. The summed E-state index contributed by atoms with van der Waals surface area (Å²) in [6, 6.07) is 17.6. The molecule has 0 saturated carbocycles. The Morgan fingerprint density at radius 2 is 1.92 bits per heavy atom. The fourth-order valence-corrected chi connectivity index (χ4v) is 4.17. The topological polar surface area (TPSA) is 30.9 Å². The molecule has 0 bridgehead atoms. The Hall–Kier alpha value is -2.06. The zero-order valence-corrected chi connectivity index (χ0v) is 14.7. The molecule has 1 aromatic heterocycles. The zero-order valence-electron chi connectivity index (χ0n) is 14.7. The molecule has 1 heterocycles. The van der Waals surface area contributed by atoms with Gasteiger partial charge >= 0.3 is 0 Å². The standard InChI is InChI=1S/C22H26N2/c1-16-10-11-21-18(13-16)19-14-22(2,23)12-6-9-20(19)24(21)15-17-7-4-3-5-8-17/h3-5,7-8,10-11,13H,6,9,12,14-15,23H2,1-2H3. The molecule has 1 unspecified atom stereocenters. The fraction of sp³-hybridized carbons (Fsp3) is 0.364. The molecule has 2 aromatic carbocycles. The number of fused-ring (bicyclic) bond motifs is 3. The highest BCUT2D eigenvalue weighted by molar-refractivity contribution is 5.86. The lowest BCUT2D eigenvalue weighted by Crippen LogP contribution is -2.37. The molecule has 0 amide bonds. The van der Waals surface area contributed by atoms with Gasteiger partial charge in [-0.25, -0.2) is 0 Å². The van der Waals surface area contributed by atoms with Crippen molar-refractivity contribution in [1.29, 1.82) is 0 Å². The van der Waals surface area contributed by atoms with Crippen LogP contribution in [-0.4, -0.2) is 10.1 Å². The minimum absolute atomic E-state index is 0.0964. The number of rotatable bonds is 2. The molecule has 1 aliphatic rings. The lowest BCUT2D eigenvalue weighted by Gasteiger charge is -2.22. The van der Waals surface area contributed by atoms with Crippen molar-refractivity contribution in [3.05, 3.63) is 70.9 Å². The second kappa shape index (κ2) is 5.78. The van der Waals surface area contributed by atoms with Crippen molar-refractivity contribution in [2.75, 3.05) is 0 Å². The molecule has 0 fully saturated rings. The summed E-state index contributed by atoms with van der Waals surface area (Å²) in [5.41, 5.74) is 13.5. The predicted molar refractivity (Wildman–Crippen MR) is 101 cm³/mol. The number of hydrogen-bond acceptors (Lipinski definition) is 1. The van der Waals surface area contributed by atoms with Gasteiger partial charge in [0.05, 0.1) is 0 Å². The van der Waals surface area contributed by atoms with E-state index in [0.717, 1.165) is 25.8 Å². The fourth-order valence-electron chi connectivity index (χ4n) is 4.17. The molecule has 1 atom stereocenters. The summed E-state index contributed by atoms with van der Waals surface area (Å²) in [6.07, 6.45) is 4.37. The number of aromatic nitrogens is 1. The molecule has 2 nitrogen and oxygen atoms in total. The van der Waals surface area contributed by atoms with Gasteiger partial charge < -0.3 is 10.3 Å². The van der Waals surface area contributed by atoms with Crippen molar-refractivity contribution in [2.24, 2.45) is 5.73 Å². The minimum atomic E-state index is -0.0964. The van der Waals surface area contributed by atoms with Crippen LogP contribution in [0.25, 0.3) is 10.9 Å². The van der Waals surface area contributed by atoms with Crippen LogP contribution in [0.3, 0.4) is 0 Å². The number of nitrogens with two attached hydrogens (primary N) is 1. The van der Waals surface area contributed by atoms with E-state index >= 15 is 0 Å². The molecule has 3 aromatic rings. The SMILES string of the molecule is Cc1ccc2c(c1)c1c(n2Cc2ccccc2)CCCC(C)(N)C1. The molecular weight excluding hydrogens is 292 g/mol. The van der Waals surface area contributed by atoms with Crippen LogP contribution in [0, 0.1) is 6.92 Å². The third-order valence-electron chi connectivity index (χ3n) is 5.37. The summed E-state index contributed by atoms with van der Waals surface area (Å²) in [6.45, 7) is 5.33. The first-order valence-corrected chi connectivity index (χ1v) is 8.97. The Morgan fingerprint density at radius 1 is 1.12 bits per heavy atom. The zero-order chi connectivity index (χ0) is 16.7. The number of hydrogen-bond donors (Lipinski definition) is 1. The van der Waals surface area contributed by atoms with Crippen LogP contribution >= 0.6 is 0 Å². The van der Waals surface area contributed by atoms with E-state index in [-0.39, 0.29) is 5.54 Å². The molecular formula is C22H26N2. The molecule has 124 valence electrons. The maximum Gasteiger partial charge on any atom is 0.0488 e. The second-order valence-corrected chi connectivity index (χ2v) is 7.70. The number of nitrogens with zero attached hydrogens (tertiary/aromatic N) is 1. The van der Waals surface area contributed by atoms with Gasteiger partial charge in [-0.05, 0) is 62.8 Å². The van der Waals surface area contributed by atoms with Crippen molar-refractivity contribution in [3.8, 4) is 0 Å². The van der Waals surface area contributed by atoms with E-state index in [4.69, 9.17) is 5.73 Å². The third-order valence-corrected chi connectivity index (χ3v) is 5.37. The Morgan fingerprint density at radius 3 is 2.71 bits per heavy atom. The Balaban J connectivity index is 1.91. The summed E-state index contributed by atoms with van der Waals surface area (Å²) in [5.74, 6) is 0. The predicted octanol–water partition coefficient (Wildman–Crippen LogP) is 4.59. The van der Waals surface area contributed by atoms with Crippen molar-refractivity contribution < 1.29 is 0 Å². The average Bonchev–Trinajstić information content (AvgIpc) is 2.71. The summed E-state index contributed by atoms with van der Waals surface area (Å²) in [4.78, 5) is 0. The van der Waals surface area contributed by atoms with Gasteiger partial charge in [0.25, 0.3) is 0 Å². The van der Waals surface area contributed by atoms with Crippen LogP contribution in [0.15, 0.2) is 48.5 Å². The van der Waals surface area contributed by atoms with Crippen LogP contribution in [-0.2, 0) is 19.4 Å². The second-order valence-electron chi connectivity index (χ2n) is 7.70. The summed E-state index contributed by atoms with van der Waals surface area (Å²) in [7, 11) is 0. The van der Waals surface area contributed by atoms with E-state index in [2.05, 4.69) is 66.9 Å².